The Kier molecular flexibility index (Phi) is 10.1. The van der Waals surface area contributed by atoms with E-state index in [1.54, 1.807) is 18.5 Å². The predicted molar refractivity (Wildman–Crippen MR) is 164 cm³/mol. The number of pyridine rings is 1. The number of halogens is 7. The molecule has 20 heteroatoms. The number of amides is 1. The van der Waals surface area contributed by atoms with E-state index in [2.05, 4.69) is 35.8 Å². The first kappa shape index (κ1) is 35.7. The second-order valence-electron chi connectivity index (χ2n) is 11.0. The van der Waals surface area contributed by atoms with E-state index in [4.69, 9.17) is 21.5 Å². The molecule has 5 aromatic rings. The van der Waals surface area contributed by atoms with E-state index in [1.165, 1.54) is 35.2 Å². The number of carbonyl (C=O) groups is 2. The zero-order valence-corrected chi connectivity index (χ0v) is 26.3. The smallest absolute Gasteiger partial charge is 0.475 e. The molecule has 13 nitrogen and oxygen atoms in total. The summed E-state index contributed by atoms with van der Waals surface area (Å²) in [5.41, 5.74) is 1.60. The zero-order valence-electron chi connectivity index (χ0n) is 25.5. The summed E-state index contributed by atoms with van der Waals surface area (Å²) in [4.78, 5) is 44.4. The Bertz CT molecular complexity index is 2090. The van der Waals surface area contributed by atoms with Crippen LogP contribution in [0.15, 0.2) is 66.1 Å². The van der Waals surface area contributed by atoms with Crippen LogP contribution in [0.4, 0.5) is 32.0 Å². The lowest BCUT2D eigenvalue weighted by molar-refractivity contribution is -0.192. The standard InChI is InChI=1S/C28H23ClF3N9O2.C2HF3O2/c1-15-3-2-4-23(20-9-16(7-8-33-20)26-21(12-35-38-26)36-27(15)43)40-14-34-19(11-25(40)42)18-10-17(29)5-6-22(18)41-13-24(37-39-41)28(30,31)32;3-2(4,5)1(6)7/h5-15,23H,2-4H2,1H3,(H,35,38)(H,36,43);(H,6,7)/t15-,23+;/m1./s1. The van der Waals surface area contributed by atoms with Crippen molar-refractivity contribution in [1.29, 1.82) is 0 Å². The predicted octanol–water partition coefficient (Wildman–Crippen LogP) is 5.93. The van der Waals surface area contributed by atoms with Crippen molar-refractivity contribution in [3.63, 3.8) is 0 Å². The summed E-state index contributed by atoms with van der Waals surface area (Å²) in [6, 6.07) is 8.84. The van der Waals surface area contributed by atoms with E-state index >= 15 is 0 Å². The molecule has 50 heavy (non-hydrogen) atoms. The minimum atomic E-state index is -5.08. The molecule has 3 N–H and O–H groups in total. The number of hydrogen-bond donors (Lipinski definition) is 3. The van der Waals surface area contributed by atoms with Crippen LogP contribution in [0.2, 0.25) is 5.02 Å². The van der Waals surface area contributed by atoms with Crippen LogP contribution in [0.3, 0.4) is 0 Å². The van der Waals surface area contributed by atoms with Gasteiger partial charge in [-0.3, -0.25) is 24.2 Å². The fourth-order valence-electron chi connectivity index (χ4n) is 5.04. The Balaban J connectivity index is 0.000000630. The number of nitrogens with zero attached hydrogens (tertiary/aromatic N) is 7. The van der Waals surface area contributed by atoms with Crippen LogP contribution in [0.1, 0.15) is 43.6 Å². The largest absolute Gasteiger partial charge is 0.490 e. The number of aromatic amines is 1. The highest BCUT2D eigenvalue weighted by molar-refractivity contribution is 6.31. The molecule has 5 heterocycles. The molecular formula is C30H24ClF6N9O4. The van der Waals surface area contributed by atoms with Gasteiger partial charge >= 0.3 is 18.3 Å². The number of aliphatic carboxylic acids is 1. The summed E-state index contributed by atoms with van der Waals surface area (Å²) >= 11 is 6.22. The highest BCUT2D eigenvalue weighted by Gasteiger charge is 2.38. The summed E-state index contributed by atoms with van der Waals surface area (Å²) in [6.45, 7) is 1.84. The number of anilines is 1. The third-order valence-corrected chi connectivity index (χ3v) is 7.79. The van der Waals surface area contributed by atoms with Gasteiger partial charge in [-0.15, -0.1) is 5.10 Å². The Morgan fingerprint density at radius 2 is 1.78 bits per heavy atom. The van der Waals surface area contributed by atoms with Crippen LogP contribution in [0.25, 0.3) is 28.2 Å². The van der Waals surface area contributed by atoms with Gasteiger partial charge in [0.1, 0.15) is 0 Å². The topological polar surface area (TPSA) is 174 Å². The van der Waals surface area contributed by atoms with Gasteiger partial charge in [-0.25, -0.2) is 14.5 Å². The highest BCUT2D eigenvalue weighted by Crippen LogP contribution is 2.33. The normalized spacial score (nSPS) is 16.6. The van der Waals surface area contributed by atoms with Crippen LogP contribution in [-0.2, 0) is 15.8 Å². The van der Waals surface area contributed by atoms with Gasteiger partial charge in [0, 0.05) is 34.3 Å². The van der Waals surface area contributed by atoms with E-state index in [1.807, 2.05) is 13.0 Å². The first-order valence-electron chi connectivity index (χ1n) is 14.5. The number of carboxylic acids is 1. The molecule has 0 saturated heterocycles. The van der Waals surface area contributed by atoms with Crippen molar-refractivity contribution in [2.75, 3.05) is 5.32 Å². The Hall–Kier alpha value is -5.59. The molecule has 0 unspecified atom stereocenters. The van der Waals surface area contributed by atoms with Crippen molar-refractivity contribution < 1.29 is 41.0 Å². The number of carboxylic acid groups (broad SMARTS) is 1. The van der Waals surface area contributed by atoms with E-state index in [-0.39, 0.29) is 28.2 Å². The summed E-state index contributed by atoms with van der Waals surface area (Å²) in [5, 5.41) is 24.2. The lowest BCUT2D eigenvalue weighted by Crippen LogP contribution is -2.27. The van der Waals surface area contributed by atoms with Crippen LogP contribution in [0.5, 0.6) is 0 Å². The van der Waals surface area contributed by atoms with Gasteiger partial charge < -0.3 is 10.4 Å². The van der Waals surface area contributed by atoms with Crippen molar-refractivity contribution in [2.24, 2.45) is 5.92 Å². The maximum Gasteiger partial charge on any atom is 0.490 e. The summed E-state index contributed by atoms with van der Waals surface area (Å²) in [7, 11) is 0. The fourth-order valence-corrected chi connectivity index (χ4v) is 5.21. The van der Waals surface area contributed by atoms with E-state index < -0.39 is 35.6 Å². The molecule has 262 valence electrons. The van der Waals surface area contributed by atoms with Gasteiger partial charge in [0.2, 0.25) is 5.91 Å². The number of H-pyrrole nitrogens is 1. The molecule has 1 aliphatic rings. The second kappa shape index (κ2) is 14.1. The van der Waals surface area contributed by atoms with Crippen LogP contribution < -0.4 is 10.9 Å². The third-order valence-electron chi connectivity index (χ3n) is 7.55. The van der Waals surface area contributed by atoms with Gasteiger partial charge in [-0.2, -0.15) is 31.4 Å². The number of aromatic nitrogens is 8. The van der Waals surface area contributed by atoms with Crippen molar-refractivity contribution in [2.45, 2.75) is 44.6 Å². The van der Waals surface area contributed by atoms with Crippen LogP contribution >= 0.6 is 11.6 Å². The molecule has 2 bridgehead atoms. The number of rotatable bonds is 3. The molecule has 0 fully saturated rings. The Morgan fingerprint density at radius 1 is 1.04 bits per heavy atom. The van der Waals surface area contributed by atoms with Crippen molar-refractivity contribution in [3.05, 3.63) is 88.1 Å². The molecule has 0 saturated carbocycles. The lowest BCUT2D eigenvalue weighted by Gasteiger charge is -2.22. The van der Waals surface area contributed by atoms with Crippen molar-refractivity contribution in [1.82, 2.24) is 39.7 Å². The molecule has 6 rings (SSSR count). The van der Waals surface area contributed by atoms with Crippen molar-refractivity contribution in [3.8, 4) is 28.2 Å². The average molecular weight is 724 g/mol. The maximum atomic E-state index is 13.6. The van der Waals surface area contributed by atoms with E-state index in [0.717, 1.165) is 16.4 Å². The Labute approximate surface area is 281 Å². The third kappa shape index (κ3) is 7.99. The molecule has 2 atom stereocenters. The van der Waals surface area contributed by atoms with E-state index in [9.17, 15) is 35.9 Å². The summed E-state index contributed by atoms with van der Waals surface area (Å²) < 4.78 is 73.7. The monoisotopic (exact) mass is 723 g/mol. The quantitative estimate of drug-likeness (QED) is 0.191. The molecule has 0 radical (unpaired) electrons. The Morgan fingerprint density at radius 3 is 2.44 bits per heavy atom. The zero-order chi connectivity index (χ0) is 36.4. The number of nitrogens with one attached hydrogen (secondary N) is 2. The van der Waals surface area contributed by atoms with Crippen molar-refractivity contribution >= 4 is 29.2 Å². The highest BCUT2D eigenvalue weighted by atomic mass is 35.5. The van der Waals surface area contributed by atoms with E-state index in [0.29, 0.717) is 41.9 Å². The lowest BCUT2D eigenvalue weighted by atomic mass is 9.97. The molecular weight excluding hydrogens is 700 g/mol. The number of carbonyl (C=O) groups excluding carboxylic acids is 1. The SMILES string of the molecule is C[C@@H]1CCC[C@H](n2cnc(-c3cc(Cl)ccc3-n3cc(C(F)(F)F)nn3)cc2=O)c2cc(ccn2)-c2[nH]ncc2NC1=O.O=C(O)C(F)(F)F. The number of benzene rings is 1. The van der Waals surface area contributed by atoms with Gasteiger partial charge in [0.05, 0.1) is 53.2 Å². The van der Waals surface area contributed by atoms with Gasteiger partial charge in [-0.1, -0.05) is 30.2 Å². The first-order chi connectivity index (χ1) is 23.5. The van der Waals surface area contributed by atoms with Gasteiger partial charge in [-0.05, 0) is 43.2 Å². The van der Waals surface area contributed by atoms with Gasteiger partial charge in [0.25, 0.3) is 5.56 Å². The molecule has 0 aliphatic carbocycles. The van der Waals surface area contributed by atoms with Gasteiger partial charge in [0.15, 0.2) is 5.69 Å². The molecule has 0 spiro atoms. The minimum Gasteiger partial charge on any atom is -0.475 e. The van der Waals surface area contributed by atoms with Crippen LogP contribution in [0, 0.1) is 5.92 Å². The summed E-state index contributed by atoms with van der Waals surface area (Å²) in [6.07, 6.45) is -2.78. The fraction of sp³-hybridized carbons (Fsp3) is 0.267. The summed E-state index contributed by atoms with van der Waals surface area (Å²) in [5.74, 6) is -3.18. The number of fused-ring (bicyclic) bond motifs is 4. The molecule has 1 amide bonds. The second-order valence-corrected chi connectivity index (χ2v) is 11.4. The minimum absolute atomic E-state index is 0.135. The van der Waals surface area contributed by atoms with Crippen LogP contribution in [-0.4, -0.2) is 62.9 Å². The molecule has 1 aliphatic heterocycles. The first-order valence-corrected chi connectivity index (χ1v) is 14.9. The number of alkyl halides is 6. The molecule has 1 aromatic carbocycles. The maximum absolute atomic E-state index is 13.6. The molecule has 4 aromatic heterocycles. The average Bonchev–Trinajstić information content (AvgIpc) is 3.73. The number of hydrogen-bond acceptors (Lipinski definition) is 8.